The van der Waals surface area contributed by atoms with Gasteiger partial charge in [-0.2, -0.15) is 5.10 Å². The maximum absolute atomic E-state index is 12.5. The molecule has 0 bridgehead atoms. The molecule has 1 fully saturated rings. The van der Waals surface area contributed by atoms with Gasteiger partial charge in [0.25, 0.3) is 0 Å². The van der Waals surface area contributed by atoms with Crippen molar-refractivity contribution in [3.63, 3.8) is 0 Å². The topological polar surface area (TPSA) is 62.6 Å². The van der Waals surface area contributed by atoms with E-state index in [2.05, 4.69) is 20.2 Å². The predicted molar refractivity (Wildman–Crippen MR) is 95.2 cm³/mol. The molecule has 2 rings (SSSR count). The number of hydrogen-bond donors (Lipinski definition) is 1. The van der Waals surface area contributed by atoms with E-state index >= 15 is 0 Å². The third kappa shape index (κ3) is 5.03. The summed E-state index contributed by atoms with van der Waals surface area (Å²) in [5.41, 5.74) is 0. The zero-order chi connectivity index (χ0) is 17.5. The van der Waals surface area contributed by atoms with Crippen molar-refractivity contribution in [3.8, 4) is 0 Å². The fourth-order valence-corrected chi connectivity index (χ4v) is 2.93. The number of aromatic nitrogens is 2. The van der Waals surface area contributed by atoms with Crippen molar-refractivity contribution in [3.05, 3.63) is 12.3 Å². The van der Waals surface area contributed by atoms with Crippen LogP contribution in [0.5, 0.6) is 0 Å². The maximum atomic E-state index is 12.5. The summed E-state index contributed by atoms with van der Waals surface area (Å²) in [5.74, 6) is 0.789. The second-order valence-electron chi connectivity index (χ2n) is 6.49. The smallest absolute Gasteiger partial charge is 0.242 e. The molecule has 1 aromatic heterocycles. The molecule has 0 aromatic carbocycles. The summed E-state index contributed by atoms with van der Waals surface area (Å²) in [7, 11) is 0. The van der Waals surface area contributed by atoms with Crippen LogP contribution in [0.15, 0.2) is 12.3 Å². The number of amides is 1. The van der Waals surface area contributed by atoms with Crippen LogP contribution in [-0.2, 0) is 9.53 Å². The van der Waals surface area contributed by atoms with Gasteiger partial charge >= 0.3 is 0 Å². The number of nitrogens with one attached hydrogen (secondary N) is 1. The highest BCUT2D eigenvalue weighted by Crippen LogP contribution is 2.14. The van der Waals surface area contributed by atoms with Gasteiger partial charge in [0.1, 0.15) is 5.82 Å². The van der Waals surface area contributed by atoms with Gasteiger partial charge in [-0.15, -0.1) is 0 Å². The summed E-state index contributed by atoms with van der Waals surface area (Å²) < 4.78 is 7.24. The van der Waals surface area contributed by atoms with E-state index in [0.717, 1.165) is 51.8 Å². The van der Waals surface area contributed by atoms with E-state index in [9.17, 15) is 4.79 Å². The molecule has 7 nitrogen and oxygen atoms in total. The van der Waals surface area contributed by atoms with Crippen LogP contribution in [0.4, 0.5) is 5.82 Å². The maximum Gasteiger partial charge on any atom is 0.242 e. The van der Waals surface area contributed by atoms with Crippen molar-refractivity contribution in [1.82, 2.24) is 19.6 Å². The van der Waals surface area contributed by atoms with E-state index in [-0.39, 0.29) is 18.0 Å². The quantitative estimate of drug-likeness (QED) is 0.728. The number of hydrogen-bond acceptors (Lipinski definition) is 5. The number of piperazine rings is 1. The average molecular weight is 337 g/mol. The lowest BCUT2D eigenvalue weighted by Gasteiger charge is -2.37. The molecule has 7 heteroatoms. The molecule has 0 aliphatic carbocycles. The standard InChI is InChI=1S/C17H31N5O2/c1-5-24-13-12-20-8-10-21(11-9-20)15(4)17(23)19-16-6-7-18-22(16)14(2)3/h6-7,14-15H,5,8-13H2,1-4H3,(H,19,23)/t15-/m0/s1. The first-order valence-electron chi connectivity index (χ1n) is 8.91. The van der Waals surface area contributed by atoms with Crippen LogP contribution >= 0.6 is 0 Å². The van der Waals surface area contributed by atoms with Crippen LogP contribution < -0.4 is 5.32 Å². The van der Waals surface area contributed by atoms with Gasteiger partial charge in [0.05, 0.1) is 18.8 Å². The van der Waals surface area contributed by atoms with Gasteiger partial charge < -0.3 is 10.1 Å². The zero-order valence-corrected chi connectivity index (χ0v) is 15.4. The van der Waals surface area contributed by atoms with Crippen molar-refractivity contribution in [2.24, 2.45) is 0 Å². The highest BCUT2D eigenvalue weighted by Gasteiger charge is 2.26. The minimum atomic E-state index is -0.144. The molecule has 1 aromatic rings. The number of anilines is 1. The van der Waals surface area contributed by atoms with Crippen LogP contribution in [0, 0.1) is 0 Å². The molecule has 1 N–H and O–H groups in total. The van der Waals surface area contributed by atoms with Crippen LogP contribution in [0.1, 0.15) is 33.7 Å². The summed E-state index contributed by atoms with van der Waals surface area (Å²) >= 11 is 0. The molecule has 0 radical (unpaired) electrons. The Hall–Kier alpha value is -1.44. The number of carbonyl (C=O) groups is 1. The van der Waals surface area contributed by atoms with Gasteiger partial charge in [0.15, 0.2) is 0 Å². The second-order valence-corrected chi connectivity index (χ2v) is 6.49. The van der Waals surface area contributed by atoms with Gasteiger partial charge in [-0.1, -0.05) is 0 Å². The van der Waals surface area contributed by atoms with Crippen molar-refractivity contribution in [2.45, 2.75) is 39.8 Å². The molecule has 1 atom stereocenters. The number of ether oxygens (including phenoxy) is 1. The molecule has 1 amide bonds. The number of rotatable bonds is 8. The summed E-state index contributed by atoms with van der Waals surface area (Å²) in [6.45, 7) is 14.4. The number of nitrogens with zero attached hydrogens (tertiary/aromatic N) is 4. The Kier molecular flexibility index (Phi) is 7.20. The van der Waals surface area contributed by atoms with E-state index in [1.165, 1.54) is 0 Å². The lowest BCUT2D eigenvalue weighted by molar-refractivity contribution is -0.121. The first-order chi connectivity index (χ1) is 11.5. The van der Waals surface area contributed by atoms with E-state index in [0.29, 0.717) is 0 Å². The van der Waals surface area contributed by atoms with E-state index < -0.39 is 0 Å². The van der Waals surface area contributed by atoms with Gasteiger partial charge in [0, 0.05) is 51.4 Å². The monoisotopic (exact) mass is 337 g/mol. The van der Waals surface area contributed by atoms with Crippen LogP contribution in [0.3, 0.4) is 0 Å². The first kappa shape index (κ1) is 18.9. The lowest BCUT2D eigenvalue weighted by Crippen LogP contribution is -2.53. The lowest BCUT2D eigenvalue weighted by atomic mass is 10.2. The molecule has 136 valence electrons. The van der Waals surface area contributed by atoms with Gasteiger partial charge in [-0.05, 0) is 27.7 Å². The summed E-state index contributed by atoms with van der Waals surface area (Å²) in [6, 6.07) is 1.92. The molecular weight excluding hydrogens is 306 g/mol. The third-order valence-electron chi connectivity index (χ3n) is 4.50. The zero-order valence-electron chi connectivity index (χ0n) is 15.4. The Balaban J connectivity index is 1.80. The highest BCUT2D eigenvalue weighted by atomic mass is 16.5. The summed E-state index contributed by atoms with van der Waals surface area (Å²) in [4.78, 5) is 17.2. The third-order valence-corrected chi connectivity index (χ3v) is 4.50. The number of carbonyl (C=O) groups excluding carboxylic acids is 1. The van der Waals surface area contributed by atoms with E-state index in [4.69, 9.17) is 4.74 Å². The highest BCUT2D eigenvalue weighted by molar-refractivity contribution is 5.93. The van der Waals surface area contributed by atoms with Crippen molar-refractivity contribution in [2.75, 3.05) is 51.3 Å². The van der Waals surface area contributed by atoms with Crippen LogP contribution in [0.2, 0.25) is 0 Å². The van der Waals surface area contributed by atoms with Crippen molar-refractivity contribution >= 4 is 11.7 Å². The fourth-order valence-electron chi connectivity index (χ4n) is 2.93. The predicted octanol–water partition coefficient (Wildman–Crippen LogP) is 1.45. The Bertz CT molecular complexity index is 509. The molecule has 0 spiro atoms. The summed E-state index contributed by atoms with van der Waals surface area (Å²) in [6.07, 6.45) is 1.72. The van der Waals surface area contributed by atoms with Gasteiger partial charge in [0.2, 0.25) is 5.91 Å². The fraction of sp³-hybridized carbons (Fsp3) is 0.765. The molecular formula is C17H31N5O2. The second kappa shape index (κ2) is 9.15. The largest absolute Gasteiger partial charge is 0.380 e. The van der Waals surface area contributed by atoms with E-state index in [1.807, 2.05) is 38.4 Å². The first-order valence-corrected chi connectivity index (χ1v) is 8.91. The SMILES string of the molecule is CCOCCN1CCN([C@@H](C)C(=O)Nc2ccnn2C(C)C)CC1. The molecule has 24 heavy (non-hydrogen) atoms. The van der Waals surface area contributed by atoms with Gasteiger partial charge in [-0.25, -0.2) is 4.68 Å². The normalized spacial score (nSPS) is 18.0. The van der Waals surface area contributed by atoms with Crippen molar-refractivity contribution < 1.29 is 9.53 Å². The minimum absolute atomic E-state index is 0.0279. The van der Waals surface area contributed by atoms with Crippen LogP contribution in [0.25, 0.3) is 0 Å². The molecule has 1 saturated heterocycles. The Morgan fingerprint density at radius 3 is 2.62 bits per heavy atom. The summed E-state index contributed by atoms with van der Waals surface area (Å²) in [5, 5.41) is 7.26. The van der Waals surface area contributed by atoms with E-state index in [1.54, 1.807) is 6.20 Å². The van der Waals surface area contributed by atoms with Crippen molar-refractivity contribution in [1.29, 1.82) is 0 Å². The van der Waals surface area contributed by atoms with Crippen LogP contribution in [-0.4, -0.2) is 77.5 Å². The Morgan fingerprint density at radius 2 is 2.00 bits per heavy atom. The molecule has 0 saturated carbocycles. The molecule has 1 aliphatic heterocycles. The molecule has 0 unspecified atom stereocenters. The minimum Gasteiger partial charge on any atom is -0.380 e. The Labute approximate surface area is 144 Å². The average Bonchev–Trinajstić information content (AvgIpc) is 3.03. The Morgan fingerprint density at radius 1 is 1.29 bits per heavy atom. The van der Waals surface area contributed by atoms with Gasteiger partial charge in [-0.3, -0.25) is 14.6 Å². The molecule has 1 aliphatic rings. The molecule has 2 heterocycles.